The van der Waals surface area contributed by atoms with Crippen LogP contribution in [-0.2, 0) is 51.1 Å². The molecule has 384 valence electrons. The Morgan fingerprint density at radius 3 is 1.46 bits per heavy atom. The molecule has 0 saturated heterocycles. The van der Waals surface area contributed by atoms with Crippen LogP contribution in [0.4, 0.5) is 8.78 Å². The van der Waals surface area contributed by atoms with Crippen LogP contribution >= 0.6 is 0 Å². The first kappa shape index (κ1) is 55.3. The first-order chi connectivity index (χ1) is 35.1. The van der Waals surface area contributed by atoms with Gasteiger partial charge in [-0.3, -0.25) is 0 Å². The molecule has 0 fully saturated rings. The highest BCUT2D eigenvalue weighted by Gasteiger charge is 2.23. The predicted molar refractivity (Wildman–Crippen MR) is 260 cm³/mol. The molecule has 2 atom stereocenters. The Kier molecular flexibility index (Phi) is 23.2. The van der Waals surface area contributed by atoms with Gasteiger partial charge < -0.3 is 47.1 Å². The highest BCUT2D eigenvalue weighted by atomic mass is 19.1. The standard InChI is InChI=1S/2C26H30FN3O6/c1-4-15-35-29-22(25-28-24(30-36-25)19-9-11-20(27)12-10-19)17-34-21-13-7-18(8-14-21)16-23(32-5-2)26(31)33-6-3;1-4-14-35-29-22(25-28-24(30-36-25)19-10-12-20(27)13-11-19)17-34-21-9-7-8-18(15-21)16-23(32-5-2)26(31)33-6-3/h7-14,23H,4-6,15-17H2,1-3H3;7-13,15,23H,4-6,14,16-17H2,1-3H3/b2*29-22+. The number of benzene rings is 4. The first-order valence-electron chi connectivity index (χ1n) is 23.6. The lowest BCUT2D eigenvalue weighted by Gasteiger charge is -2.16. The van der Waals surface area contributed by atoms with E-state index in [1.165, 1.54) is 24.3 Å². The molecule has 0 aliphatic rings. The van der Waals surface area contributed by atoms with Gasteiger partial charge in [-0.1, -0.05) is 58.7 Å². The number of nitrogens with zero attached hydrogens (tertiary/aromatic N) is 6. The van der Waals surface area contributed by atoms with Crippen LogP contribution in [-0.4, -0.2) is 109 Å². The van der Waals surface area contributed by atoms with Crippen LogP contribution in [0.1, 0.15) is 77.3 Å². The number of carbonyl (C=O) groups is 2. The monoisotopic (exact) mass is 998 g/mol. The molecular formula is C52H60F2N6O12. The van der Waals surface area contributed by atoms with Crippen molar-refractivity contribution in [3.8, 4) is 34.3 Å². The second-order valence-corrected chi connectivity index (χ2v) is 15.3. The van der Waals surface area contributed by atoms with E-state index in [4.69, 9.17) is 47.1 Å². The van der Waals surface area contributed by atoms with Crippen LogP contribution in [0.15, 0.2) is 116 Å². The lowest BCUT2D eigenvalue weighted by Crippen LogP contribution is -2.29. The Hall–Kier alpha value is -7.58. The number of esters is 2. The number of oxime groups is 2. The molecule has 2 unspecified atom stereocenters. The molecule has 0 bridgehead atoms. The van der Waals surface area contributed by atoms with E-state index < -0.39 is 18.2 Å². The molecule has 18 nitrogen and oxygen atoms in total. The van der Waals surface area contributed by atoms with Gasteiger partial charge in [0.1, 0.15) is 49.6 Å². The highest BCUT2D eigenvalue weighted by Crippen LogP contribution is 2.21. The van der Waals surface area contributed by atoms with Crippen molar-refractivity contribution in [2.75, 3.05) is 52.9 Å². The van der Waals surface area contributed by atoms with Crippen molar-refractivity contribution < 1.29 is 65.5 Å². The summed E-state index contributed by atoms with van der Waals surface area (Å²) in [6, 6.07) is 26.1. The van der Waals surface area contributed by atoms with Gasteiger partial charge in [0.2, 0.25) is 11.6 Å². The lowest BCUT2D eigenvalue weighted by atomic mass is 10.1. The van der Waals surface area contributed by atoms with Crippen molar-refractivity contribution in [1.29, 1.82) is 0 Å². The minimum Gasteiger partial charge on any atom is -0.487 e. The molecule has 6 rings (SSSR count). The quantitative estimate of drug-likeness (QED) is 0.0194. The molecule has 2 aromatic heterocycles. The van der Waals surface area contributed by atoms with E-state index in [1.807, 2.05) is 58.0 Å². The summed E-state index contributed by atoms with van der Waals surface area (Å²) >= 11 is 0. The maximum atomic E-state index is 13.2. The fourth-order valence-electron chi connectivity index (χ4n) is 6.31. The van der Waals surface area contributed by atoms with Gasteiger partial charge in [0.05, 0.1) is 13.2 Å². The van der Waals surface area contributed by atoms with Gasteiger partial charge in [0.15, 0.2) is 23.6 Å². The van der Waals surface area contributed by atoms with Gasteiger partial charge in [-0.05, 0) is 124 Å². The van der Waals surface area contributed by atoms with Crippen LogP contribution in [0.2, 0.25) is 0 Å². The topological polar surface area (TPSA) is 211 Å². The average molecular weight is 999 g/mol. The molecule has 0 spiro atoms. The van der Waals surface area contributed by atoms with Crippen LogP contribution in [0.3, 0.4) is 0 Å². The molecular weight excluding hydrogens is 939 g/mol. The number of aromatic nitrogens is 4. The SMILES string of the molecule is CCCO/N=C(\COc1ccc(CC(OCC)C(=O)OCC)cc1)c1nc(-c2ccc(F)cc2)no1.CCCO/N=C(\COc1cccc(CC(OCC)C(=O)OCC)c1)c1nc(-c2ccc(F)cc2)no1. The van der Waals surface area contributed by atoms with E-state index in [-0.39, 0.29) is 55.0 Å². The Morgan fingerprint density at radius 2 is 1.01 bits per heavy atom. The van der Waals surface area contributed by atoms with Crippen molar-refractivity contribution >= 4 is 23.4 Å². The van der Waals surface area contributed by atoms with E-state index in [9.17, 15) is 18.4 Å². The van der Waals surface area contributed by atoms with E-state index >= 15 is 0 Å². The zero-order valence-electron chi connectivity index (χ0n) is 41.2. The molecule has 0 radical (unpaired) electrons. The Labute approximate surface area is 416 Å². The number of rotatable bonds is 28. The van der Waals surface area contributed by atoms with Crippen molar-refractivity contribution in [2.24, 2.45) is 10.3 Å². The number of hydrogen-bond acceptors (Lipinski definition) is 18. The third-order valence-corrected chi connectivity index (χ3v) is 9.74. The fourth-order valence-corrected chi connectivity index (χ4v) is 6.31. The summed E-state index contributed by atoms with van der Waals surface area (Å²) < 4.78 is 70.2. The molecule has 0 amide bonds. The first-order valence-corrected chi connectivity index (χ1v) is 23.6. The van der Waals surface area contributed by atoms with Crippen molar-refractivity contribution in [3.63, 3.8) is 0 Å². The maximum Gasteiger partial charge on any atom is 0.335 e. The maximum absolute atomic E-state index is 13.2. The number of hydrogen-bond donors (Lipinski definition) is 0. The third-order valence-electron chi connectivity index (χ3n) is 9.74. The van der Waals surface area contributed by atoms with Gasteiger partial charge in [-0.2, -0.15) is 9.97 Å². The predicted octanol–water partition coefficient (Wildman–Crippen LogP) is 9.19. The van der Waals surface area contributed by atoms with E-state index in [0.29, 0.717) is 85.7 Å². The normalized spacial score (nSPS) is 12.3. The zero-order valence-corrected chi connectivity index (χ0v) is 41.2. The van der Waals surface area contributed by atoms with Crippen LogP contribution in [0.25, 0.3) is 22.8 Å². The molecule has 2 heterocycles. The molecule has 0 aliphatic heterocycles. The minimum atomic E-state index is -0.701. The fraction of sp³-hybridized carbons (Fsp3) is 0.385. The summed E-state index contributed by atoms with van der Waals surface area (Å²) in [6.45, 7) is 13.3. The third kappa shape index (κ3) is 18.0. The summed E-state index contributed by atoms with van der Waals surface area (Å²) in [4.78, 5) is 43.6. The molecule has 6 aromatic rings. The lowest BCUT2D eigenvalue weighted by molar-refractivity contribution is -0.157. The summed E-state index contributed by atoms with van der Waals surface area (Å²) in [5, 5.41) is 16.1. The van der Waals surface area contributed by atoms with Crippen LogP contribution < -0.4 is 9.47 Å². The molecule has 0 saturated carbocycles. The smallest absolute Gasteiger partial charge is 0.335 e. The van der Waals surface area contributed by atoms with Crippen LogP contribution in [0, 0.1) is 11.6 Å². The molecule has 4 aromatic carbocycles. The molecule has 72 heavy (non-hydrogen) atoms. The number of ether oxygens (including phenoxy) is 6. The van der Waals surface area contributed by atoms with Crippen molar-refractivity contribution in [3.05, 3.63) is 132 Å². The summed E-state index contributed by atoms with van der Waals surface area (Å²) in [5.74, 6) is 0.469. The van der Waals surface area contributed by atoms with Gasteiger partial charge in [-0.15, -0.1) is 0 Å². The largest absolute Gasteiger partial charge is 0.487 e. The molecule has 0 N–H and O–H groups in total. The van der Waals surface area contributed by atoms with Crippen molar-refractivity contribution in [1.82, 2.24) is 20.3 Å². The Bertz CT molecular complexity index is 2610. The number of halogens is 2. The molecule has 20 heteroatoms. The van der Waals surface area contributed by atoms with Gasteiger partial charge in [0.25, 0.3) is 11.8 Å². The highest BCUT2D eigenvalue weighted by molar-refractivity contribution is 5.98. The van der Waals surface area contributed by atoms with Crippen molar-refractivity contribution in [2.45, 2.75) is 79.4 Å². The Balaban J connectivity index is 0.000000267. The minimum absolute atomic E-state index is 0.00894. The second-order valence-electron chi connectivity index (χ2n) is 15.3. The number of carbonyl (C=O) groups excluding carboxylic acids is 2. The van der Waals surface area contributed by atoms with Crippen LogP contribution in [0.5, 0.6) is 11.5 Å². The van der Waals surface area contributed by atoms with E-state index in [1.54, 1.807) is 56.3 Å². The summed E-state index contributed by atoms with van der Waals surface area (Å²) in [5.41, 5.74) is 3.55. The van der Waals surface area contributed by atoms with E-state index in [0.717, 1.165) is 24.0 Å². The zero-order chi connectivity index (χ0) is 51.5. The second kappa shape index (κ2) is 30.2. The summed E-state index contributed by atoms with van der Waals surface area (Å²) in [7, 11) is 0. The average Bonchev–Trinajstić information content (AvgIpc) is 4.09. The Morgan fingerprint density at radius 1 is 0.556 bits per heavy atom. The van der Waals surface area contributed by atoms with E-state index in [2.05, 4.69) is 30.6 Å². The van der Waals surface area contributed by atoms with Gasteiger partial charge in [0, 0.05) is 37.2 Å². The molecule has 0 aliphatic carbocycles. The summed E-state index contributed by atoms with van der Waals surface area (Å²) in [6.07, 6.45) is 0.912. The van der Waals surface area contributed by atoms with Gasteiger partial charge in [-0.25, -0.2) is 18.4 Å². The van der Waals surface area contributed by atoms with Gasteiger partial charge >= 0.3 is 11.9 Å².